The molecule has 6 nitrogen and oxygen atoms in total. The van der Waals surface area contributed by atoms with E-state index >= 15 is 0 Å². The number of benzene rings is 1. The summed E-state index contributed by atoms with van der Waals surface area (Å²) < 4.78 is 15.9. The molecular formula is C16H26N2O4. The van der Waals surface area contributed by atoms with Crippen molar-refractivity contribution >= 4 is 11.8 Å². The Kier molecular flexibility index (Phi) is 6.82. The zero-order valence-corrected chi connectivity index (χ0v) is 14.0. The van der Waals surface area contributed by atoms with E-state index in [2.05, 4.69) is 10.6 Å². The Morgan fingerprint density at radius 3 is 2.50 bits per heavy atom. The van der Waals surface area contributed by atoms with E-state index in [0.717, 1.165) is 5.69 Å². The summed E-state index contributed by atoms with van der Waals surface area (Å²) in [7, 11) is 1.60. The van der Waals surface area contributed by atoms with E-state index in [1.165, 1.54) is 0 Å². The number of ether oxygens (including phenoxy) is 3. The van der Waals surface area contributed by atoms with Crippen molar-refractivity contribution in [3.8, 4) is 11.5 Å². The van der Waals surface area contributed by atoms with Gasteiger partial charge in [0.2, 0.25) is 0 Å². The van der Waals surface area contributed by atoms with Crippen LogP contribution in [0.25, 0.3) is 0 Å². The SMILES string of the molecule is CCOc1ccc(NCCNC(=O)OC(C)(C)C)cc1OC. The molecule has 0 atom stereocenters. The van der Waals surface area contributed by atoms with Crippen LogP contribution in [-0.4, -0.2) is 38.5 Å². The molecule has 0 aliphatic carbocycles. The summed E-state index contributed by atoms with van der Waals surface area (Å²) in [5.41, 5.74) is 0.409. The largest absolute Gasteiger partial charge is 0.493 e. The minimum Gasteiger partial charge on any atom is -0.493 e. The predicted molar refractivity (Wildman–Crippen MR) is 86.9 cm³/mol. The first-order valence-electron chi connectivity index (χ1n) is 7.37. The Hall–Kier alpha value is -2.11. The van der Waals surface area contributed by atoms with Crippen molar-refractivity contribution in [2.45, 2.75) is 33.3 Å². The summed E-state index contributed by atoms with van der Waals surface area (Å²) in [6.45, 7) is 9.04. The Morgan fingerprint density at radius 1 is 1.18 bits per heavy atom. The van der Waals surface area contributed by atoms with Gasteiger partial charge < -0.3 is 24.8 Å². The van der Waals surface area contributed by atoms with Crippen LogP contribution in [0.15, 0.2) is 18.2 Å². The summed E-state index contributed by atoms with van der Waals surface area (Å²) in [4.78, 5) is 11.5. The lowest BCUT2D eigenvalue weighted by Gasteiger charge is -2.19. The number of hydrogen-bond acceptors (Lipinski definition) is 5. The van der Waals surface area contributed by atoms with Gasteiger partial charge in [0.1, 0.15) is 5.60 Å². The van der Waals surface area contributed by atoms with Gasteiger partial charge >= 0.3 is 6.09 Å². The lowest BCUT2D eigenvalue weighted by molar-refractivity contribution is 0.0530. The molecule has 1 aromatic rings. The molecule has 22 heavy (non-hydrogen) atoms. The van der Waals surface area contributed by atoms with Gasteiger partial charge in [0.05, 0.1) is 13.7 Å². The second kappa shape index (κ2) is 8.36. The van der Waals surface area contributed by atoms with Gasteiger partial charge in [-0.25, -0.2) is 4.79 Å². The fraction of sp³-hybridized carbons (Fsp3) is 0.562. The van der Waals surface area contributed by atoms with Crippen LogP contribution in [0, 0.1) is 0 Å². The molecule has 0 aromatic heterocycles. The number of anilines is 1. The molecule has 0 radical (unpaired) electrons. The molecule has 6 heteroatoms. The maximum Gasteiger partial charge on any atom is 0.407 e. The first kappa shape index (κ1) is 17.9. The van der Waals surface area contributed by atoms with Gasteiger partial charge in [-0.15, -0.1) is 0 Å². The van der Waals surface area contributed by atoms with E-state index in [1.807, 2.05) is 45.9 Å². The average molecular weight is 310 g/mol. The van der Waals surface area contributed by atoms with Crippen molar-refractivity contribution in [2.75, 3.05) is 32.1 Å². The van der Waals surface area contributed by atoms with Crippen LogP contribution in [0.4, 0.5) is 10.5 Å². The second-order valence-corrected chi connectivity index (χ2v) is 5.65. The third-order valence-electron chi connectivity index (χ3n) is 2.59. The molecule has 0 heterocycles. The van der Waals surface area contributed by atoms with Crippen LogP contribution in [0.1, 0.15) is 27.7 Å². The van der Waals surface area contributed by atoms with Crippen molar-refractivity contribution in [3.05, 3.63) is 18.2 Å². The minimum atomic E-state index is -0.486. The summed E-state index contributed by atoms with van der Waals surface area (Å²) in [5, 5.41) is 5.89. The average Bonchev–Trinajstić information content (AvgIpc) is 2.43. The van der Waals surface area contributed by atoms with Crippen molar-refractivity contribution in [2.24, 2.45) is 0 Å². The molecule has 0 bridgehead atoms. The number of carbonyl (C=O) groups excluding carboxylic acids is 1. The third kappa shape index (κ3) is 6.56. The number of amides is 1. The smallest absolute Gasteiger partial charge is 0.407 e. The number of methoxy groups -OCH3 is 1. The third-order valence-corrected chi connectivity index (χ3v) is 2.59. The Bertz CT molecular complexity index is 484. The van der Waals surface area contributed by atoms with Crippen LogP contribution in [0.3, 0.4) is 0 Å². The lowest BCUT2D eigenvalue weighted by atomic mass is 10.2. The van der Waals surface area contributed by atoms with Crippen LogP contribution in [0.5, 0.6) is 11.5 Å². The second-order valence-electron chi connectivity index (χ2n) is 5.65. The van der Waals surface area contributed by atoms with E-state index in [0.29, 0.717) is 31.2 Å². The van der Waals surface area contributed by atoms with Crippen molar-refractivity contribution in [1.82, 2.24) is 5.32 Å². The molecule has 0 saturated heterocycles. The predicted octanol–water partition coefficient (Wildman–Crippen LogP) is 3.03. The van der Waals surface area contributed by atoms with E-state index in [9.17, 15) is 4.79 Å². The summed E-state index contributed by atoms with van der Waals surface area (Å²) in [6.07, 6.45) is -0.418. The van der Waals surface area contributed by atoms with Gasteiger partial charge in [0, 0.05) is 24.8 Å². The Balaban J connectivity index is 2.40. The van der Waals surface area contributed by atoms with E-state index < -0.39 is 11.7 Å². The number of alkyl carbamates (subject to hydrolysis) is 1. The first-order chi connectivity index (χ1) is 10.4. The molecule has 0 aliphatic rings. The van der Waals surface area contributed by atoms with Crippen LogP contribution < -0.4 is 20.1 Å². The van der Waals surface area contributed by atoms with Crippen LogP contribution in [0.2, 0.25) is 0 Å². The van der Waals surface area contributed by atoms with Crippen LogP contribution in [-0.2, 0) is 4.74 Å². The van der Waals surface area contributed by atoms with E-state index in [4.69, 9.17) is 14.2 Å². The fourth-order valence-corrected chi connectivity index (χ4v) is 1.74. The van der Waals surface area contributed by atoms with Crippen molar-refractivity contribution in [3.63, 3.8) is 0 Å². The Morgan fingerprint density at radius 2 is 1.91 bits per heavy atom. The molecule has 0 fully saturated rings. The van der Waals surface area contributed by atoms with Crippen LogP contribution >= 0.6 is 0 Å². The molecule has 0 saturated carbocycles. The molecule has 0 spiro atoms. The number of carbonyl (C=O) groups is 1. The molecule has 1 rings (SSSR count). The van der Waals surface area contributed by atoms with Gasteiger partial charge in [-0.3, -0.25) is 0 Å². The molecule has 1 aromatic carbocycles. The molecule has 2 N–H and O–H groups in total. The highest BCUT2D eigenvalue weighted by Gasteiger charge is 2.15. The van der Waals surface area contributed by atoms with Crippen molar-refractivity contribution < 1.29 is 19.0 Å². The highest BCUT2D eigenvalue weighted by molar-refractivity contribution is 5.67. The summed E-state index contributed by atoms with van der Waals surface area (Å²) in [6, 6.07) is 5.62. The number of nitrogens with one attached hydrogen (secondary N) is 2. The van der Waals surface area contributed by atoms with Crippen molar-refractivity contribution in [1.29, 1.82) is 0 Å². The maximum atomic E-state index is 11.5. The number of rotatable bonds is 7. The highest BCUT2D eigenvalue weighted by Crippen LogP contribution is 2.29. The minimum absolute atomic E-state index is 0.418. The van der Waals surface area contributed by atoms with Gasteiger partial charge in [0.25, 0.3) is 0 Å². The lowest BCUT2D eigenvalue weighted by Crippen LogP contribution is -2.34. The van der Waals surface area contributed by atoms with E-state index in [1.54, 1.807) is 7.11 Å². The Labute approximate surface area is 132 Å². The molecule has 1 amide bonds. The van der Waals surface area contributed by atoms with Gasteiger partial charge in [-0.2, -0.15) is 0 Å². The highest BCUT2D eigenvalue weighted by atomic mass is 16.6. The first-order valence-corrected chi connectivity index (χ1v) is 7.37. The summed E-state index contributed by atoms with van der Waals surface area (Å²) >= 11 is 0. The number of hydrogen-bond donors (Lipinski definition) is 2. The zero-order valence-electron chi connectivity index (χ0n) is 14.0. The topological polar surface area (TPSA) is 68.8 Å². The maximum absolute atomic E-state index is 11.5. The zero-order chi connectivity index (χ0) is 16.6. The molecular weight excluding hydrogens is 284 g/mol. The molecule has 0 unspecified atom stereocenters. The molecule has 0 aliphatic heterocycles. The monoisotopic (exact) mass is 310 g/mol. The van der Waals surface area contributed by atoms with E-state index in [-0.39, 0.29) is 0 Å². The molecule has 124 valence electrons. The van der Waals surface area contributed by atoms with Gasteiger partial charge in [-0.1, -0.05) is 0 Å². The van der Waals surface area contributed by atoms with Gasteiger partial charge in [0.15, 0.2) is 11.5 Å². The normalized spacial score (nSPS) is 10.8. The quantitative estimate of drug-likeness (QED) is 0.758. The fourth-order valence-electron chi connectivity index (χ4n) is 1.74. The van der Waals surface area contributed by atoms with Gasteiger partial charge in [-0.05, 0) is 39.8 Å². The summed E-state index contributed by atoms with van der Waals surface area (Å²) in [5.74, 6) is 1.38. The standard InChI is InChI=1S/C16H26N2O4/c1-6-21-13-8-7-12(11-14(13)20-5)17-9-10-18-15(19)22-16(2,3)4/h7-8,11,17H,6,9-10H2,1-5H3,(H,18,19).